The summed E-state index contributed by atoms with van der Waals surface area (Å²) in [5, 5.41) is 8.87. The van der Waals surface area contributed by atoms with Gasteiger partial charge in [-0.25, -0.2) is 0 Å². The van der Waals surface area contributed by atoms with Crippen LogP contribution in [0.1, 0.15) is 41.1 Å². The zero-order valence-corrected chi connectivity index (χ0v) is 17.8. The van der Waals surface area contributed by atoms with Gasteiger partial charge in [0.2, 0.25) is 5.91 Å². The number of piperazine rings is 1. The van der Waals surface area contributed by atoms with E-state index in [2.05, 4.69) is 45.4 Å². The maximum absolute atomic E-state index is 13.2. The van der Waals surface area contributed by atoms with E-state index in [9.17, 15) is 4.79 Å². The summed E-state index contributed by atoms with van der Waals surface area (Å²) in [6, 6.07) is 22.9. The summed E-state index contributed by atoms with van der Waals surface area (Å²) >= 11 is 0. The van der Waals surface area contributed by atoms with Gasteiger partial charge in [-0.2, -0.15) is 5.10 Å². The van der Waals surface area contributed by atoms with Gasteiger partial charge in [0.05, 0.1) is 5.69 Å². The van der Waals surface area contributed by atoms with Gasteiger partial charge in [0.1, 0.15) is 0 Å². The number of nitrogens with zero attached hydrogens (tertiary/aromatic N) is 4. The molecule has 0 radical (unpaired) electrons. The smallest absolute Gasteiger partial charge is 0.223 e. The Morgan fingerprint density at radius 1 is 0.839 bits per heavy atom. The lowest BCUT2D eigenvalue weighted by molar-refractivity contribution is -0.131. The fraction of sp³-hybridized carbons (Fsp3) is 0.346. The summed E-state index contributed by atoms with van der Waals surface area (Å²) in [4.78, 5) is 17.5. The van der Waals surface area contributed by atoms with Crippen LogP contribution >= 0.6 is 0 Å². The van der Waals surface area contributed by atoms with Crippen LogP contribution in [0.3, 0.4) is 0 Å². The molecular weight excluding hydrogens is 384 g/mol. The molecule has 1 amide bonds. The van der Waals surface area contributed by atoms with Crippen LogP contribution in [0.25, 0.3) is 0 Å². The molecule has 2 aromatic carbocycles. The molecule has 0 unspecified atom stereocenters. The van der Waals surface area contributed by atoms with Gasteiger partial charge >= 0.3 is 0 Å². The molecule has 0 N–H and O–H groups in total. The maximum atomic E-state index is 13.2. The van der Waals surface area contributed by atoms with Crippen LogP contribution in [0, 0.1) is 0 Å². The summed E-state index contributed by atoms with van der Waals surface area (Å²) < 4.78 is 0. The second kappa shape index (κ2) is 8.88. The maximum Gasteiger partial charge on any atom is 0.223 e. The molecule has 1 aliphatic carbocycles. The fourth-order valence-corrected chi connectivity index (χ4v) is 4.76. The van der Waals surface area contributed by atoms with Crippen LogP contribution in [0.5, 0.6) is 0 Å². The Morgan fingerprint density at radius 2 is 1.48 bits per heavy atom. The molecule has 0 spiro atoms. The average Bonchev–Trinajstić information content (AvgIpc) is 3.32. The zero-order chi connectivity index (χ0) is 21.0. The number of amides is 1. The van der Waals surface area contributed by atoms with Gasteiger partial charge in [-0.05, 0) is 42.0 Å². The van der Waals surface area contributed by atoms with E-state index >= 15 is 0 Å². The van der Waals surface area contributed by atoms with Crippen LogP contribution in [-0.2, 0) is 17.6 Å². The second-order valence-electron chi connectivity index (χ2n) is 8.47. The topological polar surface area (TPSA) is 49.3 Å². The Morgan fingerprint density at radius 3 is 2.13 bits per heavy atom. The fourth-order valence-electron chi connectivity index (χ4n) is 4.76. The number of benzene rings is 2. The summed E-state index contributed by atoms with van der Waals surface area (Å²) in [5.41, 5.74) is 4.88. The van der Waals surface area contributed by atoms with E-state index in [1.165, 1.54) is 23.1 Å². The molecule has 2 heterocycles. The predicted molar refractivity (Wildman–Crippen MR) is 122 cm³/mol. The lowest BCUT2D eigenvalue weighted by Crippen LogP contribution is -2.49. The minimum Gasteiger partial charge on any atom is -0.352 e. The van der Waals surface area contributed by atoms with E-state index in [1.54, 1.807) is 0 Å². The van der Waals surface area contributed by atoms with Crippen LogP contribution in [0.4, 0.5) is 5.82 Å². The highest BCUT2D eigenvalue weighted by Crippen LogP contribution is 2.29. The van der Waals surface area contributed by atoms with Gasteiger partial charge in [0.15, 0.2) is 5.82 Å². The number of anilines is 1. The van der Waals surface area contributed by atoms with Gasteiger partial charge in [-0.1, -0.05) is 60.7 Å². The number of rotatable bonds is 5. The number of hydrogen-bond donors (Lipinski definition) is 0. The molecule has 0 bridgehead atoms. The van der Waals surface area contributed by atoms with Crippen molar-refractivity contribution in [3.8, 4) is 0 Å². The van der Waals surface area contributed by atoms with E-state index in [1.807, 2.05) is 41.3 Å². The lowest BCUT2D eigenvalue weighted by atomic mass is 9.88. The highest BCUT2D eigenvalue weighted by atomic mass is 16.2. The Hall–Kier alpha value is -3.21. The first-order chi connectivity index (χ1) is 15.3. The van der Waals surface area contributed by atoms with Crippen molar-refractivity contribution in [2.45, 2.75) is 31.6 Å². The monoisotopic (exact) mass is 412 g/mol. The largest absolute Gasteiger partial charge is 0.352 e. The molecule has 5 heteroatoms. The van der Waals surface area contributed by atoms with Crippen LogP contribution in [0.15, 0.2) is 66.7 Å². The molecule has 5 nitrogen and oxygen atoms in total. The first-order valence-electron chi connectivity index (χ1n) is 11.3. The summed E-state index contributed by atoms with van der Waals surface area (Å²) in [5.74, 6) is 1.26. The molecule has 5 rings (SSSR count). The quantitative estimate of drug-likeness (QED) is 0.639. The third-order valence-corrected chi connectivity index (χ3v) is 6.55. The lowest BCUT2D eigenvalue weighted by Gasteiger charge is -2.36. The average molecular weight is 413 g/mol. The van der Waals surface area contributed by atoms with Crippen molar-refractivity contribution in [1.29, 1.82) is 0 Å². The minimum absolute atomic E-state index is 0.0792. The van der Waals surface area contributed by atoms with Crippen LogP contribution in [0.2, 0.25) is 0 Å². The van der Waals surface area contributed by atoms with Crippen molar-refractivity contribution in [3.63, 3.8) is 0 Å². The van der Waals surface area contributed by atoms with Crippen molar-refractivity contribution < 1.29 is 4.79 Å². The Bertz CT molecular complexity index is 990. The number of fused-ring (bicyclic) bond motifs is 1. The minimum atomic E-state index is 0.0792. The first kappa shape index (κ1) is 19.7. The number of aryl methyl sites for hydroxylation is 2. The van der Waals surface area contributed by atoms with E-state index in [4.69, 9.17) is 0 Å². The highest BCUT2D eigenvalue weighted by Gasteiger charge is 2.26. The van der Waals surface area contributed by atoms with Gasteiger partial charge in [0, 0.05) is 38.5 Å². The van der Waals surface area contributed by atoms with Gasteiger partial charge in [-0.15, -0.1) is 5.10 Å². The van der Waals surface area contributed by atoms with Gasteiger partial charge in [0.25, 0.3) is 0 Å². The van der Waals surface area contributed by atoms with Crippen molar-refractivity contribution >= 4 is 11.7 Å². The SMILES string of the molecule is O=C(CC(c1ccccc1)c1ccccc1)N1CCN(c2cc3c(nn2)CCC3)CC1. The highest BCUT2D eigenvalue weighted by molar-refractivity contribution is 5.78. The number of carbonyl (C=O) groups excluding carboxylic acids is 1. The molecule has 2 aliphatic rings. The second-order valence-corrected chi connectivity index (χ2v) is 8.47. The molecule has 3 aromatic rings. The molecule has 0 saturated carbocycles. The molecular formula is C26H28N4O. The van der Waals surface area contributed by atoms with Crippen LogP contribution in [-0.4, -0.2) is 47.2 Å². The number of aromatic nitrogens is 2. The molecule has 0 atom stereocenters. The summed E-state index contributed by atoms with van der Waals surface area (Å²) in [6.07, 6.45) is 3.83. The number of carbonyl (C=O) groups is 1. The van der Waals surface area contributed by atoms with E-state index in [-0.39, 0.29) is 11.8 Å². The Balaban J connectivity index is 1.25. The van der Waals surface area contributed by atoms with Gasteiger partial charge in [-0.3, -0.25) is 4.79 Å². The van der Waals surface area contributed by atoms with E-state index < -0.39 is 0 Å². The van der Waals surface area contributed by atoms with Crippen molar-refractivity contribution in [3.05, 3.63) is 89.1 Å². The molecule has 1 aromatic heterocycles. The van der Waals surface area contributed by atoms with Crippen molar-refractivity contribution in [1.82, 2.24) is 15.1 Å². The third-order valence-electron chi connectivity index (χ3n) is 6.55. The Labute approximate surface area is 183 Å². The molecule has 1 saturated heterocycles. The van der Waals surface area contributed by atoms with E-state index in [0.717, 1.165) is 50.5 Å². The molecule has 1 aliphatic heterocycles. The van der Waals surface area contributed by atoms with Crippen molar-refractivity contribution in [2.24, 2.45) is 0 Å². The summed E-state index contributed by atoms with van der Waals surface area (Å²) in [7, 11) is 0. The molecule has 31 heavy (non-hydrogen) atoms. The Kier molecular flexibility index (Phi) is 5.65. The predicted octanol–water partition coefficient (Wildman–Crippen LogP) is 3.84. The van der Waals surface area contributed by atoms with Crippen molar-refractivity contribution in [2.75, 3.05) is 31.1 Å². The third kappa shape index (κ3) is 4.31. The first-order valence-corrected chi connectivity index (χ1v) is 11.3. The van der Waals surface area contributed by atoms with Gasteiger partial charge < -0.3 is 9.80 Å². The molecule has 1 fully saturated rings. The van der Waals surface area contributed by atoms with Crippen LogP contribution < -0.4 is 4.90 Å². The normalized spacial score (nSPS) is 15.9. The molecule has 158 valence electrons. The summed E-state index contributed by atoms with van der Waals surface area (Å²) in [6.45, 7) is 3.07. The van der Waals surface area contributed by atoms with E-state index in [0.29, 0.717) is 6.42 Å². The number of hydrogen-bond acceptors (Lipinski definition) is 4. The zero-order valence-electron chi connectivity index (χ0n) is 17.8. The standard InChI is InChI=1S/C26H28N4O/c31-26(19-23(20-8-3-1-4-9-20)21-10-5-2-6-11-21)30-16-14-29(15-17-30)25-18-22-12-7-13-24(22)27-28-25/h1-6,8-11,18,23H,7,12-17,19H2.